The number of H-pyrrole nitrogens is 1. The van der Waals surface area contributed by atoms with Crippen LogP contribution in [-0.4, -0.2) is 50.0 Å². The molecule has 0 spiro atoms. The average Bonchev–Trinajstić information content (AvgIpc) is 3.15. The molecule has 124 valence electrons. The Morgan fingerprint density at radius 2 is 2.04 bits per heavy atom. The van der Waals surface area contributed by atoms with Gasteiger partial charge < -0.3 is 15.4 Å². The minimum atomic E-state index is -1.28. The van der Waals surface area contributed by atoms with Gasteiger partial charge in [0.25, 0.3) is 5.91 Å². The molecule has 0 radical (unpaired) electrons. The summed E-state index contributed by atoms with van der Waals surface area (Å²) in [6.45, 7) is 0. The van der Waals surface area contributed by atoms with Gasteiger partial charge in [-0.2, -0.15) is 0 Å². The van der Waals surface area contributed by atoms with Gasteiger partial charge in [-0.1, -0.05) is 30.3 Å². The van der Waals surface area contributed by atoms with Crippen LogP contribution in [-0.2, 0) is 22.4 Å². The van der Waals surface area contributed by atoms with Gasteiger partial charge in [-0.3, -0.25) is 4.79 Å². The van der Waals surface area contributed by atoms with E-state index in [0.717, 1.165) is 10.5 Å². The van der Waals surface area contributed by atoms with Crippen LogP contribution in [0.15, 0.2) is 42.9 Å². The van der Waals surface area contributed by atoms with Crippen molar-refractivity contribution in [1.29, 1.82) is 0 Å². The number of rotatable bonds is 6. The minimum Gasteiger partial charge on any atom is -0.480 e. The van der Waals surface area contributed by atoms with Gasteiger partial charge in [0.15, 0.2) is 0 Å². The zero-order valence-electron chi connectivity index (χ0n) is 12.7. The molecule has 0 saturated carbocycles. The molecule has 3 N–H and O–H groups in total. The Morgan fingerprint density at radius 1 is 1.29 bits per heavy atom. The highest BCUT2D eigenvalue weighted by Crippen LogP contribution is 2.17. The van der Waals surface area contributed by atoms with E-state index in [0.29, 0.717) is 12.1 Å². The lowest BCUT2D eigenvalue weighted by molar-refractivity contribution is -0.146. The lowest BCUT2D eigenvalue weighted by Gasteiger charge is -2.21. The Labute approximate surface area is 137 Å². The van der Waals surface area contributed by atoms with E-state index < -0.39 is 30.0 Å². The van der Waals surface area contributed by atoms with E-state index in [1.54, 1.807) is 0 Å². The SMILES string of the molecule is O=C(O)[C@H](Cc1cnc[nH]1)N1C(=O)N[C@@H](Cc2ccccc2)C1=O. The van der Waals surface area contributed by atoms with E-state index in [-0.39, 0.29) is 6.42 Å². The number of nitrogens with one attached hydrogen (secondary N) is 2. The molecule has 1 fully saturated rings. The van der Waals surface area contributed by atoms with Crippen LogP contribution < -0.4 is 5.32 Å². The second kappa shape index (κ2) is 6.53. The van der Waals surface area contributed by atoms with Crippen molar-refractivity contribution in [3.63, 3.8) is 0 Å². The number of imidazole rings is 1. The first-order valence-electron chi connectivity index (χ1n) is 7.44. The fourth-order valence-electron chi connectivity index (χ4n) is 2.73. The second-order valence-electron chi connectivity index (χ2n) is 5.54. The molecule has 0 bridgehead atoms. The third-order valence-electron chi connectivity index (χ3n) is 3.90. The van der Waals surface area contributed by atoms with Crippen LogP contribution in [0.1, 0.15) is 11.3 Å². The van der Waals surface area contributed by atoms with Crippen molar-refractivity contribution in [3.8, 4) is 0 Å². The van der Waals surface area contributed by atoms with E-state index in [1.807, 2.05) is 30.3 Å². The number of aliphatic carboxylic acids is 1. The molecule has 2 heterocycles. The van der Waals surface area contributed by atoms with Crippen molar-refractivity contribution in [2.24, 2.45) is 0 Å². The highest BCUT2D eigenvalue weighted by atomic mass is 16.4. The topological polar surface area (TPSA) is 115 Å². The first-order valence-corrected chi connectivity index (χ1v) is 7.44. The van der Waals surface area contributed by atoms with Gasteiger partial charge in [-0.15, -0.1) is 0 Å². The zero-order valence-corrected chi connectivity index (χ0v) is 12.7. The summed E-state index contributed by atoms with van der Waals surface area (Å²) < 4.78 is 0. The number of aromatic amines is 1. The summed E-state index contributed by atoms with van der Waals surface area (Å²) in [5.41, 5.74) is 1.42. The zero-order chi connectivity index (χ0) is 17.1. The van der Waals surface area contributed by atoms with Gasteiger partial charge in [-0.25, -0.2) is 19.5 Å². The number of carboxylic acid groups (broad SMARTS) is 1. The molecule has 0 unspecified atom stereocenters. The fourth-order valence-corrected chi connectivity index (χ4v) is 2.73. The summed E-state index contributed by atoms with van der Waals surface area (Å²) >= 11 is 0. The Hall–Kier alpha value is -3.16. The molecule has 8 nitrogen and oxygen atoms in total. The molecule has 2 aromatic rings. The minimum absolute atomic E-state index is 0.0213. The Morgan fingerprint density at radius 3 is 2.67 bits per heavy atom. The molecular formula is C16H16N4O4. The Kier molecular flexibility index (Phi) is 4.28. The molecule has 8 heteroatoms. The van der Waals surface area contributed by atoms with Gasteiger partial charge in [0.2, 0.25) is 0 Å². The largest absolute Gasteiger partial charge is 0.480 e. The fraction of sp³-hybridized carbons (Fsp3) is 0.250. The molecule has 1 aromatic carbocycles. The quantitative estimate of drug-likeness (QED) is 0.671. The predicted octanol–water partition coefficient (Wildman–Crippen LogP) is 0.568. The molecule has 2 atom stereocenters. The van der Waals surface area contributed by atoms with Crippen molar-refractivity contribution >= 4 is 17.9 Å². The summed E-state index contributed by atoms with van der Waals surface area (Å²) in [5.74, 6) is -1.77. The number of carbonyl (C=O) groups is 3. The van der Waals surface area contributed by atoms with Crippen LogP contribution in [0.2, 0.25) is 0 Å². The Balaban J connectivity index is 1.77. The summed E-state index contributed by atoms with van der Waals surface area (Å²) in [5, 5.41) is 12.0. The molecule has 0 aliphatic carbocycles. The standard InChI is InChI=1S/C16H16N4O4/c21-14-12(6-10-4-2-1-3-5-10)19-16(24)20(14)13(15(22)23)7-11-8-17-9-18-11/h1-5,8-9,12-13H,6-7H2,(H,17,18)(H,19,24)(H,22,23)/t12-,13-/m0/s1. The molecule has 1 saturated heterocycles. The third kappa shape index (κ3) is 3.12. The number of hydrogen-bond donors (Lipinski definition) is 3. The number of imide groups is 1. The summed E-state index contributed by atoms with van der Waals surface area (Å²) in [7, 11) is 0. The van der Waals surface area contributed by atoms with Crippen molar-refractivity contribution < 1.29 is 19.5 Å². The van der Waals surface area contributed by atoms with Crippen molar-refractivity contribution in [2.45, 2.75) is 24.9 Å². The first-order chi connectivity index (χ1) is 11.6. The third-order valence-corrected chi connectivity index (χ3v) is 3.90. The number of hydrogen-bond acceptors (Lipinski definition) is 4. The summed E-state index contributed by atoms with van der Waals surface area (Å²) in [6.07, 6.45) is 3.18. The molecule has 3 rings (SSSR count). The Bertz CT molecular complexity index is 745. The number of amides is 3. The maximum absolute atomic E-state index is 12.5. The van der Waals surface area contributed by atoms with E-state index in [4.69, 9.17) is 0 Å². The molecular weight excluding hydrogens is 312 g/mol. The summed E-state index contributed by atoms with van der Waals surface area (Å²) in [6, 6.07) is 6.51. The van der Waals surface area contributed by atoms with Gasteiger partial charge in [0, 0.05) is 24.7 Å². The van der Waals surface area contributed by atoms with Crippen LogP contribution in [0.3, 0.4) is 0 Å². The van der Waals surface area contributed by atoms with Gasteiger partial charge in [0.1, 0.15) is 12.1 Å². The molecule has 3 amide bonds. The monoisotopic (exact) mass is 328 g/mol. The molecule has 24 heavy (non-hydrogen) atoms. The number of carbonyl (C=O) groups excluding carboxylic acids is 2. The number of aromatic nitrogens is 2. The van der Waals surface area contributed by atoms with Crippen molar-refractivity contribution in [3.05, 3.63) is 54.1 Å². The van der Waals surface area contributed by atoms with Crippen LogP contribution in [0.25, 0.3) is 0 Å². The van der Waals surface area contributed by atoms with E-state index in [1.165, 1.54) is 12.5 Å². The van der Waals surface area contributed by atoms with E-state index in [2.05, 4.69) is 15.3 Å². The number of carboxylic acids is 1. The summed E-state index contributed by atoms with van der Waals surface area (Å²) in [4.78, 5) is 43.7. The maximum Gasteiger partial charge on any atom is 0.327 e. The predicted molar refractivity (Wildman–Crippen MR) is 83.0 cm³/mol. The molecule has 1 aliphatic rings. The second-order valence-corrected chi connectivity index (χ2v) is 5.54. The number of urea groups is 1. The number of nitrogens with zero attached hydrogens (tertiary/aromatic N) is 2. The van der Waals surface area contributed by atoms with Crippen molar-refractivity contribution in [1.82, 2.24) is 20.2 Å². The van der Waals surface area contributed by atoms with Crippen molar-refractivity contribution in [2.75, 3.05) is 0 Å². The van der Waals surface area contributed by atoms with E-state index in [9.17, 15) is 19.5 Å². The highest BCUT2D eigenvalue weighted by Gasteiger charge is 2.44. The van der Waals surface area contributed by atoms with Gasteiger partial charge in [-0.05, 0) is 5.56 Å². The normalized spacial score (nSPS) is 18.5. The van der Waals surface area contributed by atoms with Crippen LogP contribution in [0.4, 0.5) is 4.79 Å². The van der Waals surface area contributed by atoms with E-state index >= 15 is 0 Å². The highest BCUT2D eigenvalue weighted by molar-refractivity contribution is 6.07. The average molecular weight is 328 g/mol. The van der Waals surface area contributed by atoms with Crippen LogP contribution in [0, 0.1) is 0 Å². The van der Waals surface area contributed by atoms with Crippen LogP contribution >= 0.6 is 0 Å². The molecule has 1 aliphatic heterocycles. The number of benzene rings is 1. The van der Waals surface area contributed by atoms with Gasteiger partial charge in [0.05, 0.1) is 6.33 Å². The molecule has 1 aromatic heterocycles. The van der Waals surface area contributed by atoms with Gasteiger partial charge >= 0.3 is 12.0 Å². The first kappa shape index (κ1) is 15.7. The lowest BCUT2D eigenvalue weighted by atomic mass is 10.1. The lowest BCUT2D eigenvalue weighted by Crippen LogP contribution is -2.47. The van der Waals surface area contributed by atoms with Crippen LogP contribution in [0.5, 0.6) is 0 Å². The maximum atomic E-state index is 12.5. The smallest absolute Gasteiger partial charge is 0.327 e.